The average Bonchev–Trinajstić information content (AvgIpc) is 3.75. The molecule has 0 N–H and O–H groups in total. The molecule has 0 amide bonds. The Morgan fingerprint density at radius 1 is 0.655 bits per heavy atom. The van der Waals surface area contributed by atoms with Crippen LogP contribution in [-0.2, 0) is 10.8 Å². The minimum atomic E-state index is -0.170. The summed E-state index contributed by atoms with van der Waals surface area (Å²) in [6, 6.07) is 41.7. The van der Waals surface area contributed by atoms with Crippen LogP contribution in [0.1, 0.15) is 64.2 Å². The predicted molar refractivity (Wildman–Crippen MR) is 236 cm³/mol. The van der Waals surface area contributed by atoms with Crippen molar-refractivity contribution < 1.29 is 4.58 Å². The second kappa shape index (κ2) is 14.4. The number of nitrogens with zero attached hydrogens (tertiary/aromatic N) is 3. The molecule has 2 heterocycles. The minimum absolute atomic E-state index is 0.156. The molecule has 0 aromatic heterocycles. The molecule has 3 nitrogen and oxygen atoms in total. The molecule has 2 aliphatic heterocycles. The zero-order valence-electron chi connectivity index (χ0n) is 33.3. The first-order valence-electron chi connectivity index (χ1n) is 19.7. The Morgan fingerprint density at radius 3 is 2.05 bits per heavy atom. The van der Waals surface area contributed by atoms with Crippen LogP contribution in [0.5, 0.6) is 0 Å². The van der Waals surface area contributed by atoms with Gasteiger partial charge in [0.15, 0.2) is 5.71 Å². The maximum Gasteiger partial charge on any atom is 0.210 e. The van der Waals surface area contributed by atoms with Gasteiger partial charge >= 0.3 is 0 Å². The molecule has 0 bridgehead atoms. The molecule has 0 unspecified atom stereocenters. The second-order valence-electron chi connectivity index (χ2n) is 16.0. The van der Waals surface area contributed by atoms with E-state index in [-0.39, 0.29) is 10.8 Å². The van der Waals surface area contributed by atoms with Gasteiger partial charge in [0, 0.05) is 52.9 Å². The number of benzene rings is 5. The lowest BCUT2D eigenvalue weighted by Gasteiger charge is -2.29. The van der Waals surface area contributed by atoms with Gasteiger partial charge in [0.25, 0.3) is 0 Å². The molecular formula is C52H52N3+. The average molecular weight is 719 g/mol. The molecule has 55 heavy (non-hydrogen) atoms. The number of likely N-dealkylation sites (N-methyl/N-ethyl adjacent to an activating group) is 1. The van der Waals surface area contributed by atoms with Gasteiger partial charge < -0.3 is 9.80 Å². The van der Waals surface area contributed by atoms with Crippen molar-refractivity contribution in [1.29, 1.82) is 0 Å². The van der Waals surface area contributed by atoms with E-state index < -0.39 is 0 Å². The van der Waals surface area contributed by atoms with Gasteiger partial charge in [-0.05, 0) is 103 Å². The Hall–Kier alpha value is -5.93. The van der Waals surface area contributed by atoms with Gasteiger partial charge in [0.05, 0.1) is 11.1 Å². The number of para-hydroxylation sites is 2. The van der Waals surface area contributed by atoms with Gasteiger partial charge in [0.1, 0.15) is 7.05 Å². The number of hydrogen-bond acceptors (Lipinski definition) is 2. The maximum absolute atomic E-state index is 2.47. The number of fused-ring (bicyclic) bond motifs is 4. The zero-order valence-corrected chi connectivity index (χ0v) is 33.3. The third-order valence-corrected chi connectivity index (χ3v) is 11.9. The van der Waals surface area contributed by atoms with Crippen molar-refractivity contribution in [2.45, 2.75) is 58.3 Å². The van der Waals surface area contributed by atoms with Crippen LogP contribution < -0.4 is 9.80 Å². The van der Waals surface area contributed by atoms with Crippen LogP contribution in [0.25, 0.3) is 16.8 Å². The normalized spacial score (nSPS) is 19.0. The third kappa shape index (κ3) is 6.22. The molecule has 274 valence electrons. The van der Waals surface area contributed by atoms with Crippen LogP contribution in [0.15, 0.2) is 180 Å². The van der Waals surface area contributed by atoms with E-state index in [9.17, 15) is 0 Å². The molecule has 0 saturated heterocycles. The van der Waals surface area contributed by atoms with Crippen molar-refractivity contribution in [3.63, 3.8) is 0 Å². The van der Waals surface area contributed by atoms with Gasteiger partial charge in [-0.1, -0.05) is 129 Å². The van der Waals surface area contributed by atoms with Crippen molar-refractivity contribution >= 4 is 45.3 Å². The highest BCUT2D eigenvalue weighted by Gasteiger charge is 2.44. The fourth-order valence-corrected chi connectivity index (χ4v) is 9.36. The van der Waals surface area contributed by atoms with Crippen LogP contribution in [0.3, 0.4) is 0 Å². The van der Waals surface area contributed by atoms with Gasteiger partial charge in [0.2, 0.25) is 5.69 Å². The van der Waals surface area contributed by atoms with Crippen LogP contribution in [0.2, 0.25) is 0 Å². The Labute approximate surface area is 328 Å². The lowest BCUT2D eigenvalue weighted by molar-refractivity contribution is -0.401. The quantitative estimate of drug-likeness (QED) is 0.117. The molecule has 0 atom stereocenters. The first-order valence-corrected chi connectivity index (χ1v) is 19.7. The molecular weight excluding hydrogens is 667 g/mol. The highest BCUT2D eigenvalue weighted by atomic mass is 15.2. The molecule has 0 spiro atoms. The Balaban J connectivity index is 1.26. The van der Waals surface area contributed by atoms with E-state index in [2.05, 4.69) is 227 Å². The lowest BCUT2D eigenvalue weighted by Crippen LogP contribution is -2.27. The number of rotatable bonds is 8. The van der Waals surface area contributed by atoms with Gasteiger partial charge in [-0.3, -0.25) is 0 Å². The van der Waals surface area contributed by atoms with Crippen LogP contribution >= 0.6 is 0 Å². The summed E-state index contributed by atoms with van der Waals surface area (Å²) in [5, 5.41) is 2.63. The highest BCUT2D eigenvalue weighted by molar-refractivity contribution is 6.04. The molecule has 3 aliphatic rings. The monoisotopic (exact) mass is 718 g/mol. The number of allylic oxidation sites excluding steroid dienone is 10. The predicted octanol–water partition coefficient (Wildman–Crippen LogP) is 13.1. The van der Waals surface area contributed by atoms with Crippen molar-refractivity contribution in [2.24, 2.45) is 0 Å². The van der Waals surface area contributed by atoms with E-state index in [1.54, 1.807) is 0 Å². The topological polar surface area (TPSA) is 9.49 Å². The van der Waals surface area contributed by atoms with Crippen molar-refractivity contribution in [3.8, 4) is 0 Å². The largest absolute Gasteiger partial charge is 0.347 e. The first kappa shape index (κ1) is 36.1. The molecule has 8 rings (SSSR count). The Kier molecular flexibility index (Phi) is 9.43. The maximum atomic E-state index is 2.47. The molecule has 5 aromatic rings. The smallest absolute Gasteiger partial charge is 0.210 e. The second-order valence-corrected chi connectivity index (χ2v) is 16.0. The Bertz CT molecular complexity index is 2460. The molecule has 5 aromatic carbocycles. The molecule has 0 saturated carbocycles. The zero-order chi connectivity index (χ0) is 38.3. The summed E-state index contributed by atoms with van der Waals surface area (Å²) in [7, 11) is 4.44. The molecule has 0 fully saturated rings. The van der Waals surface area contributed by atoms with Crippen LogP contribution in [0, 0.1) is 0 Å². The van der Waals surface area contributed by atoms with E-state index in [0.717, 1.165) is 24.2 Å². The highest BCUT2D eigenvalue weighted by Crippen LogP contribution is 2.51. The summed E-state index contributed by atoms with van der Waals surface area (Å²) in [5.41, 5.74) is 15.1. The summed E-state index contributed by atoms with van der Waals surface area (Å²) in [6.07, 6.45) is 20.1. The van der Waals surface area contributed by atoms with E-state index in [0.29, 0.717) is 0 Å². The van der Waals surface area contributed by atoms with E-state index in [1.807, 2.05) is 0 Å². The SMILES string of the molecule is C/C=C\C=C/c1cccc2c1C(C)(C)C(/C=C/C1=C(N(c3ccccc3)c3ccccc3)C(=C/C=C3/N(C)c4ccc5ccccc5c4C3(C)C)/CC1)=[N+]2C. The molecule has 1 aliphatic carbocycles. The number of hydrogen-bond donors (Lipinski definition) is 0. The van der Waals surface area contributed by atoms with E-state index in [1.165, 1.54) is 67.1 Å². The fraction of sp³-hybridized carbons (Fsp3) is 0.212. The summed E-state index contributed by atoms with van der Waals surface area (Å²) >= 11 is 0. The van der Waals surface area contributed by atoms with Crippen LogP contribution in [0.4, 0.5) is 22.7 Å². The molecule has 3 heteroatoms. The summed E-state index contributed by atoms with van der Waals surface area (Å²) < 4.78 is 2.39. The summed E-state index contributed by atoms with van der Waals surface area (Å²) in [5.74, 6) is 0. The standard InChI is InChI=1S/C52H52N3/c1-8-9-12-21-38-22-19-28-44-48(38)51(2,3)46(53(44)6)35-32-39-29-30-40(50(39)55(41-23-13-10-14-24-41)42-25-15-11-16-26-42)33-36-47-52(4,5)49-43-27-18-17-20-37(43)31-34-45(49)54(47)7/h8-28,31-36H,29-30H2,1-7H3/q+1/b9-8-,21-12-. The first-order chi connectivity index (χ1) is 26.6. The van der Waals surface area contributed by atoms with Gasteiger partial charge in [-0.2, -0.15) is 4.58 Å². The Morgan fingerprint density at radius 2 is 1.35 bits per heavy atom. The summed E-state index contributed by atoms with van der Waals surface area (Å²) in [6.45, 7) is 11.5. The van der Waals surface area contributed by atoms with E-state index >= 15 is 0 Å². The van der Waals surface area contributed by atoms with Crippen LogP contribution in [-0.4, -0.2) is 24.4 Å². The molecule has 0 radical (unpaired) electrons. The van der Waals surface area contributed by atoms with Gasteiger partial charge in [-0.15, -0.1) is 0 Å². The van der Waals surface area contributed by atoms with E-state index in [4.69, 9.17) is 0 Å². The van der Waals surface area contributed by atoms with Crippen molar-refractivity contribution in [2.75, 3.05) is 23.9 Å². The lowest BCUT2D eigenvalue weighted by atomic mass is 9.78. The number of anilines is 3. The minimum Gasteiger partial charge on any atom is -0.347 e. The van der Waals surface area contributed by atoms with Crippen molar-refractivity contribution in [1.82, 2.24) is 0 Å². The summed E-state index contributed by atoms with van der Waals surface area (Å²) in [4.78, 5) is 4.87. The van der Waals surface area contributed by atoms with Gasteiger partial charge in [-0.25, -0.2) is 0 Å². The van der Waals surface area contributed by atoms with Crippen molar-refractivity contribution in [3.05, 3.63) is 197 Å². The third-order valence-electron chi connectivity index (χ3n) is 11.9. The fourth-order valence-electron chi connectivity index (χ4n) is 9.36.